The number of aryl methyl sites for hydroxylation is 1. The summed E-state index contributed by atoms with van der Waals surface area (Å²) in [5, 5.41) is 3.36. The molecule has 7 heteroatoms. The van der Waals surface area contributed by atoms with Gasteiger partial charge in [-0.2, -0.15) is 0 Å². The smallest absolute Gasteiger partial charge is 0.193 e. The predicted molar refractivity (Wildman–Crippen MR) is 121 cm³/mol. The molecule has 0 spiro atoms. The molecule has 148 valence electrons. The van der Waals surface area contributed by atoms with Gasteiger partial charge in [0.1, 0.15) is 6.10 Å². The van der Waals surface area contributed by atoms with Crippen LogP contribution in [0.1, 0.15) is 38.0 Å². The fourth-order valence-electron chi connectivity index (χ4n) is 2.87. The molecule has 1 aromatic rings. The maximum atomic E-state index is 12.2. The Labute approximate surface area is 177 Å². The van der Waals surface area contributed by atoms with Crippen molar-refractivity contribution >= 4 is 40.7 Å². The summed E-state index contributed by atoms with van der Waals surface area (Å²) < 4.78 is 18.0. The first-order chi connectivity index (χ1) is 11.8. The van der Waals surface area contributed by atoms with Crippen LogP contribution in [-0.4, -0.2) is 58.9 Å². The van der Waals surface area contributed by atoms with Gasteiger partial charge >= 0.3 is 0 Å². The van der Waals surface area contributed by atoms with Crippen molar-refractivity contribution in [1.82, 2.24) is 10.2 Å². The maximum absolute atomic E-state index is 12.2. The number of guanidine groups is 1. The third-order valence-corrected chi connectivity index (χ3v) is 6.31. The minimum Gasteiger partial charge on any atom is -0.370 e. The summed E-state index contributed by atoms with van der Waals surface area (Å²) in [7, 11) is 0.932. The first kappa shape index (κ1) is 23.4. The topological polar surface area (TPSA) is 53.9 Å². The molecule has 0 bridgehead atoms. The van der Waals surface area contributed by atoms with Crippen molar-refractivity contribution in [3.63, 3.8) is 0 Å². The first-order valence-electron chi connectivity index (χ1n) is 8.84. The third-order valence-electron chi connectivity index (χ3n) is 4.37. The van der Waals surface area contributed by atoms with E-state index >= 15 is 0 Å². The highest BCUT2D eigenvalue weighted by atomic mass is 127. The largest absolute Gasteiger partial charge is 0.370 e. The van der Waals surface area contributed by atoms with Crippen LogP contribution in [0.3, 0.4) is 0 Å². The van der Waals surface area contributed by atoms with E-state index in [4.69, 9.17) is 4.74 Å². The van der Waals surface area contributed by atoms with Gasteiger partial charge in [0.15, 0.2) is 5.96 Å². The van der Waals surface area contributed by atoms with Crippen LogP contribution in [0.2, 0.25) is 0 Å². The number of nitrogens with one attached hydrogen (secondary N) is 1. The zero-order valence-electron chi connectivity index (χ0n) is 16.4. The van der Waals surface area contributed by atoms with Gasteiger partial charge in [-0.25, -0.2) is 0 Å². The van der Waals surface area contributed by atoms with E-state index in [1.54, 1.807) is 7.05 Å². The van der Waals surface area contributed by atoms with Gasteiger partial charge in [-0.15, -0.1) is 24.0 Å². The van der Waals surface area contributed by atoms with Gasteiger partial charge in [-0.3, -0.25) is 9.20 Å². The molecule has 0 saturated carbocycles. The zero-order chi connectivity index (χ0) is 18.4. The van der Waals surface area contributed by atoms with Gasteiger partial charge < -0.3 is 15.0 Å². The number of rotatable bonds is 4. The van der Waals surface area contributed by atoms with Gasteiger partial charge in [-0.1, -0.05) is 24.3 Å². The lowest BCUT2D eigenvalue weighted by Gasteiger charge is -2.35. The molecule has 2 unspecified atom stereocenters. The van der Waals surface area contributed by atoms with E-state index < -0.39 is 10.8 Å². The monoisotopic (exact) mass is 493 g/mol. The van der Waals surface area contributed by atoms with E-state index in [0.717, 1.165) is 19.0 Å². The number of ether oxygens (including phenoxy) is 1. The molecule has 1 aromatic carbocycles. The zero-order valence-corrected chi connectivity index (χ0v) is 19.6. The van der Waals surface area contributed by atoms with Crippen molar-refractivity contribution in [2.24, 2.45) is 4.99 Å². The van der Waals surface area contributed by atoms with E-state index in [-0.39, 0.29) is 34.8 Å². The molecule has 1 fully saturated rings. The Morgan fingerprint density at radius 3 is 2.69 bits per heavy atom. The summed E-state index contributed by atoms with van der Waals surface area (Å²) in [5.41, 5.74) is 2.48. The van der Waals surface area contributed by atoms with E-state index in [2.05, 4.69) is 46.4 Å². The number of aliphatic imine (C=N–C) groups is 1. The Morgan fingerprint density at radius 1 is 1.38 bits per heavy atom. The number of halogens is 1. The second-order valence-corrected chi connectivity index (χ2v) is 9.62. The molecule has 2 atom stereocenters. The second-order valence-electron chi connectivity index (χ2n) is 7.30. The van der Waals surface area contributed by atoms with Crippen molar-refractivity contribution in [2.45, 2.75) is 38.5 Å². The van der Waals surface area contributed by atoms with Crippen LogP contribution in [0.25, 0.3) is 0 Å². The number of benzene rings is 1. The van der Waals surface area contributed by atoms with Crippen LogP contribution in [0.5, 0.6) is 0 Å². The predicted octanol–water partition coefficient (Wildman–Crippen LogP) is 3.11. The Hall–Kier alpha value is -0.670. The minimum absolute atomic E-state index is 0. The highest BCUT2D eigenvalue weighted by molar-refractivity contribution is 14.0. The second kappa shape index (κ2) is 10.6. The standard InChI is InChI=1S/C19H31N3O2S.HI/c1-15-8-6-7-9-16(15)17-14-22(11-12-24-17)18(20-5)21-10-13-25(23)19(2,3)4;/h6-9,17H,10-14H2,1-5H3,(H,20,21);1H. The summed E-state index contributed by atoms with van der Waals surface area (Å²) >= 11 is 0. The third kappa shape index (κ3) is 6.49. The SMILES string of the molecule is CN=C(NCCS(=O)C(C)(C)C)N1CCOC(c2ccccc2C)C1.I. The average Bonchev–Trinajstić information content (AvgIpc) is 2.58. The summed E-state index contributed by atoms with van der Waals surface area (Å²) in [4.78, 5) is 6.62. The highest BCUT2D eigenvalue weighted by Gasteiger charge is 2.25. The van der Waals surface area contributed by atoms with E-state index in [0.29, 0.717) is 18.9 Å². The van der Waals surface area contributed by atoms with Gasteiger partial charge in [0.2, 0.25) is 0 Å². The van der Waals surface area contributed by atoms with Crippen LogP contribution in [0.15, 0.2) is 29.3 Å². The molecule has 1 aliphatic rings. The lowest BCUT2D eigenvalue weighted by Crippen LogP contribution is -2.49. The summed E-state index contributed by atoms with van der Waals surface area (Å²) in [6, 6.07) is 8.35. The Morgan fingerprint density at radius 2 is 2.08 bits per heavy atom. The molecule has 0 aromatic heterocycles. The van der Waals surface area contributed by atoms with E-state index in [9.17, 15) is 4.21 Å². The normalized spacial score (nSPS) is 19.7. The average molecular weight is 493 g/mol. The van der Waals surface area contributed by atoms with Gasteiger partial charge in [0.25, 0.3) is 0 Å². The molecular formula is C19H32IN3O2S. The molecule has 0 radical (unpaired) electrons. The molecule has 0 amide bonds. The number of morpholine rings is 1. The lowest BCUT2D eigenvalue weighted by atomic mass is 10.0. The van der Waals surface area contributed by atoms with Crippen LogP contribution < -0.4 is 5.32 Å². The van der Waals surface area contributed by atoms with E-state index in [1.807, 2.05) is 20.8 Å². The molecule has 1 N–H and O–H groups in total. The summed E-state index contributed by atoms with van der Waals surface area (Å²) in [5.74, 6) is 1.47. The van der Waals surface area contributed by atoms with Crippen molar-refractivity contribution in [1.29, 1.82) is 0 Å². The summed E-state index contributed by atoms with van der Waals surface area (Å²) in [6.45, 7) is 11.0. The molecule has 2 rings (SSSR count). The van der Waals surface area contributed by atoms with Gasteiger partial charge in [0.05, 0.1) is 13.2 Å². The van der Waals surface area contributed by atoms with Crippen molar-refractivity contribution in [3.05, 3.63) is 35.4 Å². The molecule has 1 heterocycles. The molecule has 0 aliphatic carbocycles. The van der Waals surface area contributed by atoms with Gasteiger partial charge in [-0.05, 0) is 38.8 Å². The molecule has 1 saturated heterocycles. The Kier molecular flexibility index (Phi) is 9.54. The molecule has 1 aliphatic heterocycles. The van der Waals surface area contributed by atoms with Crippen LogP contribution in [0.4, 0.5) is 0 Å². The number of nitrogens with zero attached hydrogens (tertiary/aromatic N) is 2. The molecular weight excluding hydrogens is 461 g/mol. The quantitative estimate of drug-likeness (QED) is 0.398. The lowest BCUT2D eigenvalue weighted by molar-refractivity contribution is -0.00827. The number of hydrogen-bond acceptors (Lipinski definition) is 3. The highest BCUT2D eigenvalue weighted by Crippen LogP contribution is 2.24. The van der Waals surface area contributed by atoms with E-state index in [1.165, 1.54) is 11.1 Å². The van der Waals surface area contributed by atoms with Crippen molar-refractivity contribution < 1.29 is 8.95 Å². The van der Waals surface area contributed by atoms with Crippen LogP contribution in [0, 0.1) is 6.92 Å². The Balaban J connectivity index is 0.00000338. The fraction of sp³-hybridized carbons (Fsp3) is 0.632. The summed E-state index contributed by atoms with van der Waals surface area (Å²) in [6.07, 6.45) is 0.0530. The van der Waals surface area contributed by atoms with Gasteiger partial charge in [0, 0.05) is 41.4 Å². The van der Waals surface area contributed by atoms with Crippen molar-refractivity contribution in [3.8, 4) is 0 Å². The van der Waals surface area contributed by atoms with Crippen molar-refractivity contribution in [2.75, 3.05) is 39.0 Å². The minimum atomic E-state index is -0.861. The maximum Gasteiger partial charge on any atom is 0.193 e. The van der Waals surface area contributed by atoms with Crippen LogP contribution in [-0.2, 0) is 15.5 Å². The Bertz CT molecular complexity index is 631. The molecule has 5 nitrogen and oxygen atoms in total. The fourth-order valence-corrected chi connectivity index (χ4v) is 3.77. The molecule has 26 heavy (non-hydrogen) atoms. The van der Waals surface area contributed by atoms with Crippen LogP contribution >= 0.6 is 24.0 Å². The first-order valence-corrected chi connectivity index (χ1v) is 10.2. The number of hydrogen-bond donors (Lipinski definition) is 1.